The van der Waals surface area contributed by atoms with Crippen LogP contribution in [-0.4, -0.2) is 19.1 Å². The first-order valence-corrected chi connectivity index (χ1v) is 4.54. The zero-order valence-electron chi connectivity index (χ0n) is 7.35. The van der Waals surface area contributed by atoms with E-state index in [1.54, 1.807) is 4.68 Å². The molecule has 0 saturated carbocycles. The van der Waals surface area contributed by atoms with Crippen LogP contribution >= 0.6 is 11.5 Å². The summed E-state index contributed by atoms with van der Waals surface area (Å²) in [6.07, 6.45) is 0. The van der Waals surface area contributed by atoms with Gasteiger partial charge in [-0.1, -0.05) is 0 Å². The molecule has 2 aromatic rings. The van der Waals surface area contributed by atoms with E-state index in [1.165, 1.54) is 11.5 Å². The van der Waals surface area contributed by atoms with Crippen molar-refractivity contribution in [3.05, 3.63) is 11.8 Å². The highest BCUT2D eigenvalue weighted by molar-refractivity contribution is 7.09. The van der Waals surface area contributed by atoms with Crippen LogP contribution in [0.4, 0.5) is 5.95 Å². The molecule has 2 aromatic heterocycles. The molecular formula is C7H9N5S. The molecule has 6 heteroatoms. The van der Waals surface area contributed by atoms with E-state index in [2.05, 4.69) is 14.5 Å². The number of nitrogens with zero attached hydrogens (tertiary/aromatic N) is 4. The lowest BCUT2D eigenvalue weighted by molar-refractivity contribution is 0.763. The molecule has 0 aromatic carbocycles. The molecule has 2 heterocycles. The van der Waals surface area contributed by atoms with Crippen molar-refractivity contribution in [1.82, 2.24) is 19.1 Å². The van der Waals surface area contributed by atoms with Gasteiger partial charge < -0.3 is 5.73 Å². The van der Waals surface area contributed by atoms with Crippen LogP contribution < -0.4 is 5.73 Å². The number of anilines is 1. The standard InChI is InChI=1S/C7H9N5S/c1-4-3-5(12(2)10-4)6-9-7(8)11-13-6/h3H,1-2H3,(H2,8,11). The van der Waals surface area contributed by atoms with Crippen molar-refractivity contribution in [2.24, 2.45) is 7.05 Å². The van der Waals surface area contributed by atoms with Crippen molar-refractivity contribution in [2.75, 3.05) is 5.73 Å². The Kier molecular flexibility index (Phi) is 1.77. The maximum atomic E-state index is 5.43. The van der Waals surface area contributed by atoms with Crippen LogP contribution in [0.15, 0.2) is 6.07 Å². The Hall–Kier alpha value is -1.43. The molecule has 0 aliphatic heterocycles. The van der Waals surface area contributed by atoms with Crippen molar-refractivity contribution in [2.45, 2.75) is 6.92 Å². The molecule has 0 fully saturated rings. The average molecular weight is 195 g/mol. The predicted molar refractivity (Wildman–Crippen MR) is 51.3 cm³/mol. The van der Waals surface area contributed by atoms with Gasteiger partial charge in [-0.15, -0.1) is 0 Å². The quantitative estimate of drug-likeness (QED) is 0.731. The van der Waals surface area contributed by atoms with Crippen LogP contribution in [0.1, 0.15) is 5.69 Å². The summed E-state index contributed by atoms with van der Waals surface area (Å²) in [7, 11) is 1.87. The Labute approximate surface area is 79.4 Å². The van der Waals surface area contributed by atoms with E-state index in [4.69, 9.17) is 5.73 Å². The molecule has 13 heavy (non-hydrogen) atoms. The fourth-order valence-electron chi connectivity index (χ4n) is 1.15. The van der Waals surface area contributed by atoms with Crippen molar-refractivity contribution in [3.63, 3.8) is 0 Å². The number of hydrogen-bond donors (Lipinski definition) is 1. The van der Waals surface area contributed by atoms with Crippen LogP contribution in [0.2, 0.25) is 0 Å². The molecule has 0 amide bonds. The molecule has 0 aliphatic rings. The smallest absolute Gasteiger partial charge is 0.232 e. The fourth-order valence-corrected chi connectivity index (χ4v) is 1.79. The molecule has 2 N–H and O–H groups in total. The topological polar surface area (TPSA) is 69.6 Å². The van der Waals surface area contributed by atoms with Crippen molar-refractivity contribution in [3.8, 4) is 10.7 Å². The van der Waals surface area contributed by atoms with Gasteiger partial charge in [0.2, 0.25) is 5.95 Å². The lowest BCUT2D eigenvalue weighted by atomic mass is 10.4. The zero-order chi connectivity index (χ0) is 9.42. The SMILES string of the molecule is Cc1cc(-c2nc(N)ns2)n(C)n1. The molecule has 0 aliphatic carbocycles. The lowest BCUT2D eigenvalue weighted by Crippen LogP contribution is -1.93. The summed E-state index contributed by atoms with van der Waals surface area (Å²) >= 11 is 1.28. The summed E-state index contributed by atoms with van der Waals surface area (Å²) in [5.74, 6) is 0.318. The highest BCUT2D eigenvalue weighted by Gasteiger charge is 2.09. The Balaban J connectivity index is 2.51. The normalized spacial score (nSPS) is 10.6. The van der Waals surface area contributed by atoms with Crippen LogP contribution in [0.25, 0.3) is 10.7 Å². The van der Waals surface area contributed by atoms with E-state index >= 15 is 0 Å². The van der Waals surface area contributed by atoms with Crippen LogP contribution in [-0.2, 0) is 7.05 Å². The fraction of sp³-hybridized carbons (Fsp3) is 0.286. The van der Waals surface area contributed by atoms with E-state index in [1.807, 2.05) is 20.0 Å². The Bertz CT molecular complexity index is 430. The molecule has 0 bridgehead atoms. The van der Waals surface area contributed by atoms with Gasteiger partial charge in [-0.25, -0.2) is 0 Å². The van der Waals surface area contributed by atoms with Gasteiger partial charge in [-0.05, 0) is 24.5 Å². The molecular weight excluding hydrogens is 186 g/mol. The first-order valence-electron chi connectivity index (χ1n) is 3.77. The van der Waals surface area contributed by atoms with E-state index < -0.39 is 0 Å². The van der Waals surface area contributed by atoms with Gasteiger partial charge in [-0.3, -0.25) is 4.68 Å². The van der Waals surface area contributed by atoms with Gasteiger partial charge in [-0.2, -0.15) is 14.5 Å². The molecule has 0 atom stereocenters. The lowest BCUT2D eigenvalue weighted by Gasteiger charge is -1.93. The largest absolute Gasteiger partial charge is 0.367 e. The summed E-state index contributed by atoms with van der Waals surface area (Å²) in [6, 6.07) is 1.96. The van der Waals surface area contributed by atoms with E-state index in [0.717, 1.165) is 16.4 Å². The van der Waals surface area contributed by atoms with E-state index in [-0.39, 0.29) is 0 Å². The summed E-state index contributed by atoms with van der Waals surface area (Å²) in [4.78, 5) is 4.08. The minimum absolute atomic E-state index is 0.318. The molecule has 68 valence electrons. The zero-order valence-corrected chi connectivity index (χ0v) is 8.17. The first kappa shape index (κ1) is 8.18. The van der Waals surface area contributed by atoms with Gasteiger partial charge >= 0.3 is 0 Å². The molecule has 5 nitrogen and oxygen atoms in total. The Morgan fingerprint density at radius 3 is 2.77 bits per heavy atom. The summed E-state index contributed by atoms with van der Waals surface area (Å²) < 4.78 is 5.68. The molecule has 2 rings (SSSR count). The monoisotopic (exact) mass is 195 g/mol. The number of nitrogen functional groups attached to an aromatic ring is 1. The Morgan fingerprint density at radius 2 is 2.31 bits per heavy atom. The number of hydrogen-bond acceptors (Lipinski definition) is 5. The third kappa shape index (κ3) is 1.40. The number of rotatable bonds is 1. The maximum absolute atomic E-state index is 5.43. The molecule has 0 saturated heterocycles. The second-order valence-electron chi connectivity index (χ2n) is 2.75. The molecule has 0 unspecified atom stereocenters. The summed E-state index contributed by atoms with van der Waals surface area (Å²) in [5.41, 5.74) is 7.35. The van der Waals surface area contributed by atoms with Crippen LogP contribution in [0.3, 0.4) is 0 Å². The number of aromatic nitrogens is 4. The van der Waals surface area contributed by atoms with Crippen molar-refractivity contribution >= 4 is 17.5 Å². The first-order chi connectivity index (χ1) is 6.16. The predicted octanol–water partition coefficient (Wildman–Crippen LogP) is 0.829. The number of aryl methyl sites for hydroxylation is 2. The van der Waals surface area contributed by atoms with Crippen molar-refractivity contribution < 1.29 is 0 Å². The second kappa shape index (κ2) is 2.81. The average Bonchev–Trinajstić information content (AvgIpc) is 2.58. The minimum Gasteiger partial charge on any atom is -0.367 e. The third-order valence-electron chi connectivity index (χ3n) is 1.66. The van der Waals surface area contributed by atoms with Crippen LogP contribution in [0, 0.1) is 6.92 Å². The molecule has 0 radical (unpaired) electrons. The maximum Gasteiger partial charge on any atom is 0.232 e. The summed E-state index contributed by atoms with van der Waals surface area (Å²) in [6.45, 7) is 1.94. The van der Waals surface area contributed by atoms with Gasteiger partial charge in [0.05, 0.1) is 11.4 Å². The highest BCUT2D eigenvalue weighted by atomic mass is 32.1. The van der Waals surface area contributed by atoms with E-state index in [9.17, 15) is 0 Å². The second-order valence-corrected chi connectivity index (χ2v) is 3.50. The van der Waals surface area contributed by atoms with Gasteiger partial charge in [0, 0.05) is 7.05 Å². The van der Waals surface area contributed by atoms with Gasteiger partial charge in [0.15, 0.2) is 5.01 Å². The highest BCUT2D eigenvalue weighted by Crippen LogP contribution is 2.21. The van der Waals surface area contributed by atoms with Crippen molar-refractivity contribution in [1.29, 1.82) is 0 Å². The van der Waals surface area contributed by atoms with Crippen LogP contribution in [0.5, 0.6) is 0 Å². The van der Waals surface area contributed by atoms with Gasteiger partial charge in [0.25, 0.3) is 0 Å². The summed E-state index contributed by atoms with van der Waals surface area (Å²) in [5, 5.41) is 5.02. The number of nitrogens with two attached hydrogens (primary N) is 1. The molecule has 0 spiro atoms. The Morgan fingerprint density at radius 1 is 1.54 bits per heavy atom. The minimum atomic E-state index is 0.318. The third-order valence-corrected chi connectivity index (χ3v) is 2.41. The van der Waals surface area contributed by atoms with Gasteiger partial charge in [0.1, 0.15) is 0 Å². The van der Waals surface area contributed by atoms with E-state index in [0.29, 0.717) is 5.95 Å².